The topological polar surface area (TPSA) is 58.6 Å². The van der Waals surface area contributed by atoms with Gasteiger partial charge in [0, 0.05) is 12.1 Å². The largest absolute Gasteiger partial charge is 0.496 e. The second-order valence-corrected chi connectivity index (χ2v) is 4.02. The smallest absolute Gasteiger partial charge is 0.306 e. The van der Waals surface area contributed by atoms with E-state index in [9.17, 15) is 4.79 Å². The fraction of sp³-hybridized carbons (Fsp3) is 0.462. The van der Waals surface area contributed by atoms with E-state index < -0.39 is 5.97 Å². The monoisotopic (exact) mass is 237 g/mol. The van der Waals surface area contributed by atoms with Crippen LogP contribution in [0.3, 0.4) is 0 Å². The van der Waals surface area contributed by atoms with Crippen molar-refractivity contribution in [2.75, 3.05) is 13.7 Å². The van der Waals surface area contributed by atoms with Crippen LogP contribution in [0.25, 0.3) is 0 Å². The first kappa shape index (κ1) is 13.5. The Kier molecular flexibility index (Phi) is 5.49. The Morgan fingerprint density at radius 2 is 2.18 bits per heavy atom. The van der Waals surface area contributed by atoms with Crippen LogP contribution in [0.15, 0.2) is 24.3 Å². The summed E-state index contributed by atoms with van der Waals surface area (Å²) in [5, 5.41) is 12.0. The molecule has 1 unspecified atom stereocenters. The summed E-state index contributed by atoms with van der Waals surface area (Å²) in [6.45, 7) is 3.09. The number of para-hydroxylation sites is 1. The van der Waals surface area contributed by atoms with Crippen molar-refractivity contribution in [3.05, 3.63) is 29.8 Å². The molecule has 4 nitrogen and oxygen atoms in total. The first-order chi connectivity index (χ1) is 8.15. The summed E-state index contributed by atoms with van der Waals surface area (Å²) in [6.07, 6.45) is 0.629. The molecule has 0 heterocycles. The number of hydrogen-bond donors (Lipinski definition) is 2. The Labute approximate surface area is 102 Å². The summed E-state index contributed by atoms with van der Waals surface area (Å²) >= 11 is 0. The van der Waals surface area contributed by atoms with Crippen LogP contribution in [-0.2, 0) is 11.3 Å². The van der Waals surface area contributed by atoms with Gasteiger partial charge in [-0.15, -0.1) is 0 Å². The van der Waals surface area contributed by atoms with Crippen LogP contribution in [0.2, 0.25) is 0 Å². The highest BCUT2D eigenvalue weighted by molar-refractivity contribution is 5.69. The predicted octanol–water partition coefficient (Wildman–Crippen LogP) is 1.90. The molecule has 0 aliphatic rings. The normalized spacial score (nSPS) is 12.1. The van der Waals surface area contributed by atoms with E-state index in [1.807, 2.05) is 24.3 Å². The second kappa shape index (κ2) is 6.91. The molecule has 1 aromatic carbocycles. The number of benzene rings is 1. The summed E-state index contributed by atoms with van der Waals surface area (Å²) in [5.74, 6) is -0.199. The average Bonchev–Trinajstić information content (AvgIpc) is 2.34. The van der Waals surface area contributed by atoms with Crippen molar-refractivity contribution in [2.24, 2.45) is 5.92 Å². The molecule has 4 heteroatoms. The molecule has 0 spiro atoms. The Balaban J connectivity index is 2.33. The number of carbonyl (C=O) groups is 1. The van der Waals surface area contributed by atoms with Gasteiger partial charge in [-0.3, -0.25) is 4.79 Å². The minimum absolute atomic E-state index is 0.305. The highest BCUT2D eigenvalue weighted by Crippen LogP contribution is 2.16. The second-order valence-electron chi connectivity index (χ2n) is 4.02. The number of carboxylic acid groups (broad SMARTS) is 1. The maximum atomic E-state index is 10.6. The van der Waals surface area contributed by atoms with Crippen LogP contribution in [0.1, 0.15) is 18.9 Å². The lowest BCUT2D eigenvalue weighted by atomic mass is 10.1. The van der Waals surface area contributed by atoms with Crippen molar-refractivity contribution in [2.45, 2.75) is 19.9 Å². The highest BCUT2D eigenvalue weighted by Gasteiger charge is 2.09. The third kappa shape index (κ3) is 4.44. The van der Waals surface area contributed by atoms with E-state index in [2.05, 4.69) is 5.32 Å². The number of ether oxygens (including phenoxy) is 1. The van der Waals surface area contributed by atoms with Crippen molar-refractivity contribution < 1.29 is 14.6 Å². The number of carboxylic acids is 1. The van der Waals surface area contributed by atoms with Crippen molar-refractivity contribution in [1.82, 2.24) is 5.32 Å². The molecule has 17 heavy (non-hydrogen) atoms. The molecule has 94 valence electrons. The summed E-state index contributed by atoms with van der Waals surface area (Å²) in [4.78, 5) is 10.6. The van der Waals surface area contributed by atoms with Gasteiger partial charge >= 0.3 is 5.97 Å². The molecule has 0 saturated heterocycles. The minimum Gasteiger partial charge on any atom is -0.496 e. The number of nitrogens with one attached hydrogen (secondary N) is 1. The number of methoxy groups -OCH3 is 1. The average molecular weight is 237 g/mol. The zero-order valence-electron chi connectivity index (χ0n) is 10.3. The molecular weight excluding hydrogens is 218 g/mol. The van der Waals surface area contributed by atoms with Crippen molar-refractivity contribution >= 4 is 5.97 Å². The van der Waals surface area contributed by atoms with Crippen molar-refractivity contribution in [3.8, 4) is 5.75 Å². The van der Waals surface area contributed by atoms with E-state index in [0.717, 1.165) is 11.3 Å². The Hall–Kier alpha value is -1.55. The molecule has 0 aromatic heterocycles. The fourth-order valence-electron chi connectivity index (χ4n) is 1.51. The zero-order valence-corrected chi connectivity index (χ0v) is 10.3. The molecule has 0 saturated carbocycles. The maximum absolute atomic E-state index is 10.6. The molecule has 1 rings (SSSR count). The number of aliphatic carboxylic acids is 1. The van der Waals surface area contributed by atoms with E-state index in [0.29, 0.717) is 19.5 Å². The summed E-state index contributed by atoms with van der Waals surface area (Å²) in [7, 11) is 1.64. The van der Waals surface area contributed by atoms with Gasteiger partial charge in [-0.2, -0.15) is 0 Å². The van der Waals surface area contributed by atoms with E-state index in [1.165, 1.54) is 0 Å². The first-order valence-electron chi connectivity index (χ1n) is 5.70. The van der Waals surface area contributed by atoms with Gasteiger partial charge < -0.3 is 15.2 Å². The summed E-state index contributed by atoms with van der Waals surface area (Å²) < 4.78 is 5.23. The van der Waals surface area contributed by atoms with Gasteiger partial charge in [-0.05, 0) is 19.0 Å². The van der Waals surface area contributed by atoms with E-state index in [-0.39, 0.29) is 5.92 Å². The van der Waals surface area contributed by atoms with Gasteiger partial charge in [-0.1, -0.05) is 25.1 Å². The molecule has 0 aliphatic carbocycles. The Bertz CT molecular complexity index is 365. The molecule has 0 fully saturated rings. The van der Waals surface area contributed by atoms with E-state index in [1.54, 1.807) is 14.0 Å². The van der Waals surface area contributed by atoms with Crippen LogP contribution < -0.4 is 10.1 Å². The van der Waals surface area contributed by atoms with Gasteiger partial charge in [0.15, 0.2) is 0 Å². The lowest BCUT2D eigenvalue weighted by Gasteiger charge is -2.10. The van der Waals surface area contributed by atoms with E-state index >= 15 is 0 Å². The van der Waals surface area contributed by atoms with Gasteiger partial charge in [0.1, 0.15) is 5.75 Å². The molecular formula is C13H19NO3. The number of hydrogen-bond acceptors (Lipinski definition) is 3. The quantitative estimate of drug-likeness (QED) is 0.711. The SMILES string of the molecule is COc1ccccc1CNCCC(C)C(=O)O. The fourth-order valence-corrected chi connectivity index (χ4v) is 1.51. The van der Waals surface area contributed by atoms with Crippen molar-refractivity contribution in [3.63, 3.8) is 0 Å². The van der Waals surface area contributed by atoms with Crippen LogP contribution in [0.4, 0.5) is 0 Å². The first-order valence-corrected chi connectivity index (χ1v) is 5.70. The standard InChI is InChI=1S/C13H19NO3/c1-10(13(15)16)7-8-14-9-11-5-3-4-6-12(11)17-2/h3-6,10,14H,7-9H2,1-2H3,(H,15,16). The predicted molar refractivity (Wildman–Crippen MR) is 66.1 cm³/mol. The summed E-state index contributed by atoms with van der Waals surface area (Å²) in [5.41, 5.74) is 1.08. The molecule has 2 N–H and O–H groups in total. The number of rotatable bonds is 7. The van der Waals surface area contributed by atoms with Crippen LogP contribution >= 0.6 is 0 Å². The maximum Gasteiger partial charge on any atom is 0.306 e. The van der Waals surface area contributed by atoms with Crippen LogP contribution in [-0.4, -0.2) is 24.7 Å². The van der Waals surface area contributed by atoms with Crippen molar-refractivity contribution in [1.29, 1.82) is 0 Å². The van der Waals surface area contributed by atoms with Gasteiger partial charge in [0.25, 0.3) is 0 Å². The lowest BCUT2D eigenvalue weighted by Crippen LogP contribution is -2.20. The molecule has 0 radical (unpaired) electrons. The molecule has 0 amide bonds. The van der Waals surface area contributed by atoms with Gasteiger partial charge in [0.05, 0.1) is 13.0 Å². The lowest BCUT2D eigenvalue weighted by molar-refractivity contribution is -0.141. The Morgan fingerprint density at radius 3 is 2.82 bits per heavy atom. The third-order valence-corrected chi connectivity index (χ3v) is 2.68. The van der Waals surface area contributed by atoms with E-state index in [4.69, 9.17) is 9.84 Å². The highest BCUT2D eigenvalue weighted by atomic mass is 16.5. The van der Waals surface area contributed by atoms with Crippen LogP contribution in [0.5, 0.6) is 5.75 Å². The molecule has 1 atom stereocenters. The zero-order chi connectivity index (χ0) is 12.7. The Morgan fingerprint density at radius 1 is 1.47 bits per heavy atom. The van der Waals surface area contributed by atoms with Gasteiger partial charge in [0.2, 0.25) is 0 Å². The third-order valence-electron chi connectivity index (χ3n) is 2.68. The minimum atomic E-state index is -0.746. The molecule has 0 aliphatic heterocycles. The van der Waals surface area contributed by atoms with Crippen LogP contribution in [0, 0.1) is 5.92 Å². The summed E-state index contributed by atoms with van der Waals surface area (Å²) in [6, 6.07) is 7.79. The van der Waals surface area contributed by atoms with Gasteiger partial charge in [-0.25, -0.2) is 0 Å². The molecule has 1 aromatic rings. The molecule has 0 bridgehead atoms.